The van der Waals surface area contributed by atoms with E-state index < -0.39 is 5.41 Å². The van der Waals surface area contributed by atoms with Gasteiger partial charge in [-0.3, -0.25) is 4.79 Å². The molecule has 0 radical (unpaired) electrons. The molecule has 1 aromatic heterocycles. The number of aliphatic hydroxyl groups is 1. The van der Waals surface area contributed by atoms with E-state index in [1.165, 1.54) is 7.11 Å². The van der Waals surface area contributed by atoms with Gasteiger partial charge in [0.1, 0.15) is 11.2 Å². The fourth-order valence-corrected chi connectivity index (χ4v) is 2.44. The molecule has 1 aliphatic heterocycles. The van der Waals surface area contributed by atoms with Gasteiger partial charge in [0, 0.05) is 19.3 Å². The zero-order chi connectivity index (χ0) is 13.0. The number of esters is 1. The van der Waals surface area contributed by atoms with Gasteiger partial charge >= 0.3 is 5.97 Å². The molecule has 0 amide bonds. The Labute approximate surface area is 106 Å². The summed E-state index contributed by atoms with van der Waals surface area (Å²) in [6.07, 6.45) is 3.22. The van der Waals surface area contributed by atoms with E-state index in [4.69, 9.17) is 4.74 Å². The summed E-state index contributed by atoms with van der Waals surface area (Å²) >= 11 is 0. The number of nitrogens with zero attached hydrogens (tertiary/aromatic N) is 2. The highest BCUT2D eigenvalue weighted by Crippen LogP contribution is 2.32. The lowest BCUT2D eigenvalue weighted by molar-refractivity contribution is -0.156. The van der Waals surface area contributed by atoms with E-state index in [0.717, 1.165) is 18.8 Å². The quantitative estimate of drug-likeness (QED) is 0.805. The molecule has 5 heteroatoms. The van der Waals surface area contributed by atoms with Gasteiger partial charge in [-0.05, 0) is 25.0 Å². The highest BCUT2D eigenvalue weighted by atomic mass is 16.5. The number of aromatic nitrogens is 1. The van der Waals surface area contributed by atoms with Crippen molar-refractivity contribution in [3.63, 3.8) is 0 Å². The molecular weight excluding hydrogens is 232 g/mol. The average molecular weight is 250 g/mol. The standard InChI is InChI=1S/C13H18N2O3/c1-18-12(17)13(10-16)6-4-8-15(9-13)11-5-2-3-7-14-11/h2-3,5,7,16H,4,6,8-10H2,1H3. The van der Waals surface area contributed by atoms with Gasteiger partial charge in [-0.15, -0.1) is 0 Å². The molecule has 5 nitrogen and oxygen atoms in total. The van der Waals surface area contributed by atoms with Gasteiger partial charge in [0.15, 0.2) is 0 Å². The molecule has 98 valence electrons. The lowest BCUT2D eigenvalue weighted by Crippen LogP contribution is -2.50. The Balaban J connectivity index is 2.20. The molecular formula is C13H18N2O3. The van der Waals surface area contributed by atoms with E-state index in [2.05, 4.69) is 4.98 Å². The van der Waals surface area contributed by atoms with Gasteiger partial charge < -0.3 is 14.7 Å². The minimum atomic E-state index is -0.815. The molecule has 1 aliphatic rings. The van der Waals surface area contributed by atoms with Crippen molar-refractivity contribution in [3.05, 3.63) is 24.4 Å². The molecule has 1 N–H and O–H groups in total. The van der Waals surface area contributed by atoms with Crippen molar-refractivity contribution in [1.82, 2.24) is 4.98 Å². The Kier molecular flexibility index (Phi) is 3.81. The fraction of sp³-hybridized carbons (Fsp3) is 0.538. The first kappa shape index (κ1) is 12.8. The van der Waals surface area contributed by atoms with Crippen LogP contribution in [0.2, 0.25) is 0 Å². The van der Waals surface area contributed by atoms with Crippen LogP contribution >= 0.6 is 0 Å². The minimum absolute atomic E-state index is 0.191. The molecule has 0 aromatic carbocycles. The van der Waals surface area contributed by atoms with Crippen molar-refractivity contribution in [1.29, 1.82) is 0 Å². The van der Waals surface area contributed by atoms with E-state index in [1.807, 2.05) is 23.1 Å². The van der Waals surface area contributed by atoms with Crippen molar-refractivity contribution in [2.24, 2.45) is 5.41 Å². The van der Waals surface area contributed by atoms with E-state index in [0.29, 0.717) is 13.0 Å². The number of rotatable bonds is 3. The Morgan fingerprint density at radius 1 is 1.61 bits per heavy atom. The Hall–Kier alpha value is -1.62. The number of anilines is 1. The number of hydrogen-bond donors (Lipinski definition) is 1. The predicted molar refractivity (Wildman–Crippen MR) is 67.2 cm³/mol. The lowest BCUT2D eigenvalue weighted by atomic mass is 9.80. The predicted octanol–water partition coefficient (Wildman–Crippen LogP) is 0.833. The third kappa shape index (κ3) is 2.31. The van der Waals surface area contributed by atoms with Crippen LogP contribution < -0.4 is 4.90 Å². The summed E-state index contributed by atoms with van der Waals surface area (Å²) < 4.78 is 4.82. The number of pyridine rings is 1. The molecule has 1 unspecified atom stereocenters. The third-order valence-corrected chi connectivity index (χ3v) is 3.47. The van der Waals surface area contributed by atoms with Gasteiger partial charge in [0.05, 0.1) is 13.7 Å². The zero-order valence-corrected chi connectivity index (χ0v) is 10.5. The molecule has 0 bridgehead atoms. The van der Waals surface area contributed by atoms with E-state index >= 15 is 0 Å². The smallest absolute Gasteiger partial charge is 0.315 e. The summed E-state index contributed by atoms with van der Waals surface area (Å²) in [4.78, 5) is 18.2. The van der Waals surface area contributed by atoms with Crippen LogP contribution in [0.5, 0.6) is 0 Å². The zero-order valence-electron chi connectivity index (χ0n) is 10.5. The molecule has 1 saturated heterocycles. The van der Waals surface area contributed by atoms with E-state index in [9.17, 15) is 9.90 Å². The van der Waals surface area contributed by atoms with Crippen molar-refractivity contribution < 1.29 is 14.6 Å². The van der Waals surface area contributed by atoms with Crippen molar-refractivity contribution in [3.8, 4) is 0 Å². The van der Waals surface area contributed by atoms with Crippen LogP contribution in [0.1, 0.15) is 12.8 Å². The number of carbonyl (C=O) groups excluding carboxylic acids is 1. The van der Waals surface area contributed by atoms with Gasteiger partial charge in [-0.25, -0.2) is 4.98 Å². The van der Waals surface area contributed by atoms with Crippen molar-refractivity contribution in [2.45, 2.75) is 12.8 Å². The third-order valence-electron chi connectivity index (χ3n) is 3.47. The van der Waals surface area contributed by atoms with Crippen molar-refractivity contribution >= 4 is 11.8 Å². The first-order valence-corrected chi connectivity index (χ1v) is 6.07. The maximum Gasteiger partial charge on any atom is 0.315 e. The summed E-state index contributed by atoms with van der Waals surface area (Å²) in [5.74, 6) is 0.490. The maximum absolute atomic E-state index is 11.9. The lowest BCUT2D eigenvalue weighted by Gasteiger charge is -2.40. The number of aliphatic hydroxyl groups excluding tert-OH is 1. The average Bonchev–Trinajstić information content (AvgIpc) is 2.47. The summed E-state index contributed by atoms with van der Waals surface area (Å²) in [6.45, 7) is 1.10. The van der Waals surface area contributed by atoms with Crippen LogP contribution in [0, 0.1) is 5.41 Å². The molecule has 0 aliphatic carbocycles. The van der Waals surface area contributed by atoms with Crippen LogP contribution in [0.3, 0.4) is 0 Å². The van der Waals surface area contributed by atoms with Gasteiger partial charge in [-0.2, -0.15) is 0 Å². The normalized spacial score (nSPS) is 23.8. The number of carbonyl (C=O) groups is 1. The summed E-state index contributed by atoms with van der Waals surface area (Å²) in [7, 11) is 1.36. The first-order valence-electron chi connectivity index (χ1n) is 6.07. The van der Waals surface area contributed by atoms with Crippen molar-refractivity contribution in [2.75, 3.05) is 31.7 Å². The molecule has 1 atom stereocenters. The molecule has 2 rings (SSSR count). The number of piperidine rings is 1. The molecule has 1 fully saturated rings. The van der Waals surface area contributed by atoms with Crippen LogP contribution in [0.25, 0.3) is 0 Å². The Morgan fingerprint density at radius 2 is 2.44 bits per heavy atom. The monoisotopic (exact) mass is 250 g/mol. The van der Waals surface area contributed by atoms with Gasteiger partial charge in [0.2, 0.25) is 0 Å². The van der Waals surface area contributed by atoms with Gasteiger partial charge in [-0.1, -0.05) is 6.07 Å². The summed E-state index contributed by atoms with van der Waals surface area (Å²) in [5, 5.41) is 9.56. The fourth-order valence-electron chi connectivity index (χ4n) is 2.44. The van der Waals surface area contributed by atoms with Crippen LogP contribution in [0.4, 0.5) is 5.82 Å². The highest BCUT2D eigenvalue weighted by Gasteiger charge is 2.43. The molecule has 18 heavy (non-hydrogen) atoms. The topological polar surface area (TPSA) is 62.7 Å². The Morgan fingerprint density at radius 3 is 3.06 bits per heavy atom. The van der Waals surface area contributed by atoms with Crippen LogP contribution in [-0.2, 0) is 9.53 Å². The molecule has 1 aromatic rings. The molecule has 2 heterocycles. The summed E-state index contributed by atoms with van der Waals surface area (Å²) in [5.41, 5.74) is -0.815. The minimum Gasteiger partial charge on any atom is -0.468 e. The van der Waals surface area contributed by atoms with E-state index in [1.54, 1.807) is 6.20 Å². The first-order chi connectivity index (χ1) is 8.72. The number of methoxy groups -OCH3 is 1. The second kappa shape index (κ2) is 5.35. The second-order valence-electron chi connectivity index (χ2n) is 4.64. The second-order valence-corrected chi connectivity index (χ2v) is 4.64. The number of hydrogen-bond acceptors (Lipinski definition) is 5. The van der Waals surface area contributed by atoms with Gasteiger partial charge in [0.25, 0.3) is 0 Å². The Bertz CT molecular complexity index is 410. The maximum atomic E-state index is 11.9. The van der Waals surface area contributed by atoms with E-state index in [-0.39, 0.29) is 12.6 Å². The number of ether oxygens (including phenoxy) is 1. The molecule has 0 saturated carbocycles. The molecule has 0 spiro atoms. The SMILES string of the molecule is COC(=O)C1(CO)CCCN(c2ccccn2)C1. The largest absolute Gasteiger partial charge is 0.468 e. The highest BCUT2D eigenvalue weighted by molar-refractivity contribution is 5.78. The van der Waals surface area contributed by atoms with Crippen LogP contribution in [-0.4, -0.2) is 42.9 Å². The van der Waals surface area contributed by atoms with Crippen LogP contribution in [0.15, 0.2) is 24.4 Å². The summed E-state index contributed by atoms with van der Waals surface area (Å²) in [6, 6.07) is 5.67.